The molecule has 1 aromatic carbocycles. The highest BCUT2D eigenvalue weighted by atomic mass is 19.1. The molecule has 1 aromatic rings. The van der Waals surface area contributed by atoms with E-state index in [0.29, 0.717) is 24.5 Å². The van der Waals surface area contributed by atoms with Crippen LogP contribution in [0.5, 0.6) is 0 Å². The minimum atomic E-state index is -0.248. The third-order valence-electron chi connectivity index (χ3n) is 2.99. The van der Waals surface area contributed by atoms with Gasteiger partial charge in [-0.15, -0.1) is 0 Å². The maximum atomic E-state index is 13.3. The average Bonchev–Trinajstić information content (AvgIpc) is 2.25. The molecular formula is C12H17FN2O. The van der Waals surface area contributed by atoms with Crippen molar-refractivity contribution in [1.82, 2.24) is 0 Å². The lowest BCUT2D eigenvalue weighted by Gasteiger charge is -2.36. The number of nitrogens with two attached hydrogens (primary N) is 1. The highest BCUT2D eigenvalue weighted by Gasteiger charge is 2.21. The molecule has 0 aliphatic carbocycles. The van der Waals surface area contributed by atoms with Gasteiger partial charge in [0.05, 0.1) is 24.6 Å². The predicted octanol–water partition coefficient (Wildman–Crippen LogP) is 1.94. The van der Waals surface area contributed by atoms with Gasteiger partial charge in [0, 0.05) is 12.6 Å². The number of rotatable bonds is 1. The van der Waals surface area contributed by atoms with E-state index in [2.05, 4.69) is 11.8 Å². The highest BCUT2D eigenvalue weighted by Crippen LogP contribution is 2.29. The predicted molar refractivity (Wildman–Crippen MR) is 63.2 cm³/mol. The van der Waals surface area contributed by atoms with E-state index in [9.17, 15) is 4.39 Å². The fourth-order valence-corrected chi connectivity index (χ4v) is 2.02. The second kappa shape index (κ2) is 4.29. The van der Waals surface area contributed by atoms with Crippen LogP contribution in [0.25, 0.3) is 0 Å². The van der Waals surface area contributed by atoms with Crippen LogP contribution in [0.2, 0.25) is 0 Å². The molecule has 0 amide bonds. The van der Waals surface area contributed by atoms with E-state index in [-0.39, 0.29) is 11.9 Å². The van der Waals surface area contributed by atoms with Crippen LogP contribution >= 0.6 is 0 Å². The Morgan fingerprint density at radius 1 is 1.50 bits per heavy atom. The minimum absolute atomic E-state index is 0.248. The van der Waals surface area contributed by atoms with Gasteiger partial charge >= 0.3 is 0 Å². The molecular weight excluding hydrogens is 207 g/mol. The Kier molecular flexibility index (Phi) is 3.01. The number of morpholine rings is 1. The molecule has 2 N–H and O–H groups in total. The molecule has 0 bridgehead atoms. The Hall–Kier alpha value is -1.29. The molecule has 0 aromatic heterocycles. The van der Waals surface area contributed by atoms with Gasteiger partial charge in [-0.3, -0.25) is 0 Å². The van der Waals surface area contributed by atoms with Gasteiger partial charge < -0.3 is 15.4 Å². The van der Waals surface area contributed by atoms with Crippen LogP contribution < -0.4 is 10.6 Å². The van der Waals surface area contributed by atoms with Crippen LogP contribution in [0.3, 0.4) is 0 Å². The lowest BCUT2D eigenvalue weighted by Crippen LogP contribution is -2.44. The first-order chi connectivity index (χ1) is 7.59. The first-order valence-corrected chi connectivity index (χ1v) is 5.49. The third kappa shape index (κ3) is 1.97. The van der Waals surface area contributed by atoms with Crippen molar-refractivity contribution in [1.29, 1.82) is 0 Å². The first-order valence-electron chi connectivity index (χ1n) is 5.49. The molecule has 1 aliphatic rings. The van der Waals surface area contributed by atoms with Crippen molar-refractivity contribution in [3.63, 3.8) is 0 Å². The molecule has 0 saturated carbocycles. The van der Waals surface area contributed by atoms with Gasteiger partial charge in [-0.25, -0.2) is 4.39 Å². The summed E-state index contributed by atoms with van der Waals surface area (Å²) in [6, 6.07) is 3.49. The van der Waals surface area contributed by atoms with E-state index in [4.69, 9.17) is 10.5 Å². The molecule has 1 saturated heterocycles. The van der Waals surface area contributed by atoms with Gasteiger partial charge in [0.2, 0.25) is 0 Å². The number of nitrogens with zero attached hydrogens (tertiary/aromatic N) is 1. The quantitative estimate of drug-likeness (QED) is 0.741. The van der Waals surface area contributed by atoms with E-state index in [1.165, 1.54) is 6.07 Å². The molecule has 16 heavy (non-hydrogen) atoms. The van der Waals surface area contributed by atoms with Crippen LogP contribution in [-0.2, 0) is 4.74 Å². The summed E-state index contributed by atoms with van der Waals surface area (Å²) in [7, 11) is 0. The summed E-state index contributed by atoms with van der Waals surface area (Å²) in [4.78, 5) is 2.17. The molecule has 1 aliphatic heterocycles. The molecule has 4 heteroatoms. The maximum Gasteiger partial charge on any atom is 0.128 e. The Morgan fingerprint density at radius 3 is 2.94 bits per heavy atom. The third-order valence-corrected chi connectivity index (χ3v) is 2.99. The summed E-state index contributed by atoms with van der Waals surface area (Å²) >= 11 is 0. The number of benzene rings is 1. The number of halogens is 1. The number of hydrogen-bond donors (Lipinski definition) is 1. The Morgan fingerprint density at radius 2 is 2.25 bits per heavy atom. The summed E-state index contributed by atoms with van der Waals surface area (Å²) in [6.07, 6.45) is 0. The van der Waals surface area contributed by atoms with Crippen molar-refractivity contribution in [2.45, 2.75) is 19.9 Å². The normalized spacial score (nSPS) is 21.2. The topological polar surface area (TPSA) is 38.5 Å². The Balaban J connectivity index is 2.35. The fraction of sp³-hybridized carbons (Fsp3) is 0.500. The molecule has 0 spiro atoms. The number of hydrogen-bond acceptors (Lipinski definition) is 3. The monoisotopic (exact) mass is 224 g/mol. The standard InChI is InChI=1S/C12H17FN2O/c1-8-5-12(11(14)6-10(8)13)15-3-4-16-7-9(15)2/h5-6,9H,3-4,7,14H2,1-2H3. The van der Waals surface area contributed by atoms with Crippen molar-refractivity contribution >= 4 is 11.4 Å². The lowest BCUT2D eigenvalue weighted by atomic mass is 10.1. The SMILES string of the molecule is Cc1cc(N2CCOCC2C)c(N)cc1F. The zero-order valence-corrected chi connectivity index (χ0v) is 9.66. The van der Waals surface area contributed by atoms with Gasteiger partial charge in [-0.05, 0) is 31.5 Å². The number of ether oxygens (including phenoxy) is 1. The molecule has 0 radical (unpaired) electrons. The molecule has 1 fully saturated rings. The highest BCUT2D eigenvalue weighted by molar-refractivity contribution is 5.69. The molecule has 1 heterocycles. The largest absolute Gasteiger partial charge is 0.397 e. The molecule has 1 atom stereocenters. The lowest BCUT2D eigenvalue weighted by molar-refractivity contribution is 0.0990. The summed E-state index contributed by atoms with van der Waals surface area (Å²) in [5.74, 6) is -0.248. The van der Waals surface area contributed by atoms with Crippen LogP contribution in [-0.4, -0.2) is 25.8 Å². The second-order valence-corrected chi connectivity index (χ2v) is 4.28. The molecule has 3 nitrogen and oxygen atoms in total. The summed E-state index contributed by atoms with van der Waals surface area (Å²) < 4.78 is 18.7. The summed E-state index contributed by atoms with van der Waals surface area (Å²) in [6.45, 7) is 6.02. The first kappa shape index (κ1) is 11.2. The smallest absolute Gasteiger partial charge is 0.128 e. The molecule has 88 valence electrons. The van der Waals surface area contributed by atoms with Gasteiger partial charge in [0.25, 0.3) is 0 Å². The van der Waals surface area contributed by atoms with Crippen molar-refractivity contribution in [3.05, 3.63) is 23.5 Å². The van der Waals surface area contributed by atoms with Gasteiger partial charge in [0.15, 0.2) is 0 Å². The van der Waals surface area contributed by atoms with E-state index < -0.39 is 0 Å². The average molecular weight is 224 g/mol. The van der Waals surface area contributed by atoms with Crippen LogP contribution in [0.1, 0.15) is 12.5 Å². The van der Waals surface area contributed by atoms with Crippen molar-refractivity contribution < 1.29 is 9.13 Å². The van der Waals surface area contributed by atoms with E-state index >= 15 is 0 Å². The zero-order valence-electron chi connectivity index (χ0n) is 9.66. The summed E-state index contributed by atoms with van der Waals surface area (Å²) in [5.41, 5.74) is 7.90. The van der Waals surface area contributed by atoms with E-state index in [1.807, 2.05) is 6.07 Å². The second-order valence-electron chi connectivity index (χ2n) is 4.28. The zero-order chi connectivity index (χ0) is 11.7. The van der Waals surface area contributed by atoms with Crippen LogP contribution in [0, 0.1) is 12.7 Å². The minimum Gasteiger partial charge on any atom is -0.397 e. The molecule has 1 unspecified atom stereocenters. The van der Waals surface area contributed by atoms with Crippen molar-refractivity contribution in [3.8, 4) is 0 Å². The van der Waals surface area contributed by atoms with Crippen LogP contribution in [0.4, 0.5) is 15.8 Å². The van der Waals surface area contributed by atoms with Gasteiger partial charge in [-0.2, -0.15) is 0 Å². The molecule has 2 rings (SSSR count). The van der Waals surface area contributed by atoms with Crippen LogP contribution in [0.15, 0.2) is 12.1 Å². The Bertz CT molecular complexity index is 395. The number of anilines is 2. The fourth-order valence-electron chi connectivity index (χ4n) is 2.02. The van der Waals surface area contributed by atoms with Gasteiger partial charge in [-0.1, -0.05) is 0 Å². The van der Waals surface area contributed by atoms with Crippen molar-refractivity contribution in [2.75, 3.05) is 30.4 Å². The van der Waals surface area contributed by atoms with E-state index in [1.54, 1.807) is 6.92 Å². The van der Waals surface area contributed by atoms with Crippen molar-refractivity contribution in [2.24, 2.45) is 0 Å². The number of nitrogen functional groups attached to an aromatic ring is 1. The van der Waals surface area contributed by atoms with Gasteiger partial charge in [0.1, 0.15) is 5.82 Å². The Labute approximate surface area is 95.0 Å². The number of aryl methyl sites for hydroxylation is 1. The van der Waals surface area contributed by atoms with E-state index in [0.717, 1.165) is 12.2 Å². The maximum absolute atomic E-state index is 13.3. The summed E-state index contributed by atoms with van der Waals surface area (Å²) in [5, 5.41) is 0.